The number of fused-ring (bicyclic) bond motifs is 1. The van der Waals surface area contributed by atoms with E-state index in [-0.39, 0.29) is 5.82 Å². The molecule has 1 aliphatic rings. The number of halogens is 2. The van der Waals surface area contributed by atoms with Crippen LogP contribution in [0.2, 0.25) is 0 Å². The average Bonchev–Trinajstić information content (AvgIpc) is 2.86. The van der Waals surface area contributed by atoms with E-state index in [9.17, 15) is 9.50 Å². The largest absolute Gasteiger partial charge is 0.465 e. The van der Waals surface area contributed by atoms with E-state index in [0.717, 1.165) is 0 Å². The molecule has 0 radical (unpaired) electrons. The third kappa shape index (κ3) is 1.47. The molecule has 88 valence electrons. The van der Waals surface area contributed by atoms with Gasteiger partial charge in [-0.3, -0.25) is 0 Å². The maximum atomic E-state index is 13.6. The molecular formula is C13H10BrFO2. The van der Waals surface area contributed by atoms with Gasteiger partial charge in [0.15, 0.2) is 5.76 Å². The molecule has 2 aromatic rings. The number of hydrogen-bond donors (Lipinski definition) is 1. The summed E-state index contributed by atoms with van der Waals surface area (Å²) in [5.74, 6) is 0.183. The van der Waals surface area contributed by atoms with Gasteiger partial charge < -0.3 is 9.52 Å². The third-order valence-corrected chi connectivity index (χ3v) is 3.92. The van der Waals surface area contributed by atoms with E-state index in [4.69, 9.17) is 4.42 Å². The summed E-state index contributed by atoms with van der Waals surface area (Å²) in [5, 5.41) is 10.7. The molecule has 0 amide bonds. The van der Waals surface area contributed by atoms with Gasteiger partial charge in [0.2, 0.25) is 0 Å². The maximum Gasteiger partial charge on any atom is 0.154 e. The first-order valence-corrected chi connectivity index (χ1v) is 6.16. The molecule has 0 fully saturated rings. The van der Waals surface area contributed by atoms with Crippen LogP contribution in [-0.4, -0.2) is 5.11 Å². The summed E-state index contributed by atoms with van der Waals surface area (Å²) in [6.07, 6.45) is 2.47. The summed E-state index contributed by atoms with van der Waals surface area (Å²) >= 11 is 3.33. The Hall–Kier alpha value is -1.13. The van der Waals surface area contributed by atoms with Crippen molar-refractivity contribution in [3.63, 3.8) is 0 Å². The number of hydrogen-bond acceptors (Lipinski definition) is 2. The number of furan rings is 1. The van der Waals surface area contributed by atoms with Gasteiger partial charge in [-0.25, -0.2) is 4.39 Å². The molecule has 1 atom stereocenters. The highest BCUT2D eigenvalue weighted by atomic mass is 79.9. The topological polar surface area (TPSA) is 33.4 Å². The fraction of sp³-hybridized carbons (Fsp3) is 0.231. The van der Waals surface area contributed by atoms with E-state index in [1.165, 1.54) is 12.3 Å². The first-order valence-electron chi connectivity index (χ1n) is 5.36. The molecule has 1 aromatic carbocycles. The Bertz CT molecular complexity index is 579. The molecule has 4 heteroatoms. The Balaban J connectivity index is 2.21. The smallest absolute Gasteiger partial charge is 0.154 e. The summed E-state index contributed by atoms with van der Waals surface area (Å²) in [6, 6.07) is 6.51. The minimum Gasteiger partial charge on any atom is -0.465 e. The quantitative estimate of drug-likeness (QED) is 0.875. The summed E-state index contributed by atoms with van der Waals surface area (Å²) in [7, 11) is 0. The Morgan fingerprint density at radius 2 is 2.18 bits per heavy atom. The summed E-state index contributed by atoms with van der Waals surface area (Å²) in [4.78, 5) is 0. The lowest BCUT2D eigenvalue weighted by molar-refractivity contribution is 0.0578. The number of benzene rings is 1. The molecule has 1 heterocycles. The summed E-state index contributed by atoms with van der Waals surface area (Å²) in [6.45, 7) is 0. The molecule has 17 heavy (non-hydrogen) atoms. The summed E-state index contributed by atoms with van der Waals surface area (Å²) in [5.41, 5.74) is -0.0359. The molecule has 0 saturated heterocycles. The monoisotopic (exact) mass is 296 g/mol. The predicted molar refractivity (Wildman–Crippen MR) is 64.1 cm³/mol. The van der Waals surface area contributed by atoms with Crippen molar-refractivity contribution in [1.29, 1.82) is 0 Å². The standard InChI is InChI=1S/C13H10BrFO2/c14-10-5-7-17-12(10)13(16)6-4-8-9(13)2-1-3-11(8)15/h1-3,5,7,16H,4,6H2. The second kappa shape index (κ2) is 3.68. The first kappa shape index (κ1) is 11.0. The lowest BCUT2D eigenvalue weighted by atomic mass is 9.93. The lowest BCUT2D eigenvalue weighted by Gasteiger charge is -2.22. The predicted octanol–water partition coefficient (Wildman–Crippen LogP) is 3.36. The highest BCUT2D eigenvalue weighted by Crippen LogP contribution is 2.45. The van der Waals surface area contributed by atoms with Crippen LogP contribution in [-0.2, 0) is 12.0 Å². The van der Waals surface area contributed by atoms with Gasteiger partial charge in [-0.2, -0.15) is 0 Å². The molecule has 1 aliphatic carbocycles. The van der Waals surface area contributed by atoms with Crippen molar-refractivity contribution in [2.45, 2.75) is 18.4 Å². The van der Waals surface area contributed by atoms with Gasteiger partial charge in [-0.15, -0.1) is 0 Å². The van der Waals surface area contributed by atoms with Gasteiger partial charge in [0, 0.05) is 0 Å². The van der Waals surface area contributed by atoms with Crippen LogP contribution in [0.1, 0.15) is 23.3 Å². The van der Waals surface area contributed by atoms with E-state index in [1.807, 2.05) is 0 Å². The molecule has 2 nitrogen and oxygen atoms in total. The van der Waals surface area contributed by atoms with Gasteiger partial charge >= 0.3 is 0 Å². The molecule has 1 aromatic heterocycles. The maximum absolute atomic E-state index is 13.6. The van der Waals surface area contributed by atoms with Crippen LogP contribution in [0, 0.1) is 5.82 Å². The Kier molecular flexibility index (Phi) is 2.38. The fourth-order valence-corrected chi connectivity index (χ4v) is 2.99. The van der Waals surface area contributed by atoms with Crippen LogP contribution in [0.4, 0.5) is 4.39 Å². The van der Waals surface area contributed by atoms with E-state index in [2.05, 4.69) is 15.9 Å². The number of aliphatic hydroxyl groups is 1. The number of rotatable bonds is 1. The average molecular weight is 297 g/mol. The van der Waals surface area contributed by atoms with Crippen LogP contribution in [0.15, 0.2) is 39.4 Å². The van der Waals surface area contributed by atoms with Gasteiger partial charge in [0.25, 0.3) is 0 Å². The van der Waals surface area contributed by atoms with Crippen molar-refractivity contribution in [2.75, 3.05) is 0 Å². The molecule has 1 unspecified atom stereocenters. The zero-order chi connectivity index (χ0) is 12.0. The van der Waals surface area contributed by atoms with Crippen LogP contribution in [0.25, 0.3) is 0 Å². The SMILES string of the molecule is OC1(c2occc2Br)CCc2c(F)cccc21. The highest BCUT2D eigenvalue weighted by molar-refractivity contribution is 9.10. The zero-order valence-corrected chi connectivity index (χ0v) is 10.5. The second-order valence-electron chi connectivity index (χ2n) is 4.22. The molecule has 0 bridgehead atoms. The van der Waals surface area contributed by atoms with Crippen molar-refractivity contribution in [3.05, 3.63) is 57.7 Å². The van der Waals surface area contributed by atoms with E-state index < -0.39 is 5.60 Å². The second-order valence-corrected chi connectivity index (χ2v) is 5.08. The Labute approximate surface area is 106 Å². The Morgan fingerprint density at radius 3 is 2.88 bits per heavy atom. The molecule has 0 saturated carbocycles. The first-order chi connectivity index (χ1) is 8.13. The van der Waals surface area contributed by atoms with E-state index in [0.29, 0.717) is 34.2 Å². The normalized spacial score (nSPS) is 22.8. The van der Waals surface area contributed by atoms with E-state index >= 15 is 0 Å². The van der Waals surface area contributed by atoms with Gasteiger partial charge in [0.1, 0.15) is 11.4 Å². The fourth-order valence-electron chi connectivity index (χ4n) is 2.47. The minimum atomic E-state index is -1.22. The third-order valence-electron chi connectivity index (χ3n) is 3.29. The van der Waals surface area contributed by atoms with Crippen molar-refractivity contribution in [2.24, 2.45) is 0 Å². The molecule has 0 aliphatic heterocycles. The van der Waals surface area contributed by atoms with Crippen LogP contribution in [0.3, 0.4) is 0 Å². The zero-order valence-electron chi connectivity index (χ0n) is 8.91. The van der Waals surface area contributed by atoms with Crippen LogP contribution in [0.5, 0.6) is 0 Å². The van der Waals surface area contributed by atoms with E-state index in [1.54, 1.807) is 18.2 Å². The van der Waals surface area contributed by atoms with Crippen molar-refractivity contribution in [1.82, 2.24) is 0 Å². The molecular weight excluding hydrogens is 287 g/mol. The van der Waals surface area contributed by atoms with Gasteiger partial charge in [-0.1, -0.05) is 12.1 Å². The minimum absolute atomic E-state index is 0.263. The van der Waals surface area contributed by atoms with Crippen molar-refractivity contribution < 1.29 is 13.9 Å². The van der Waals surface area contributed by atoms with Crippen LogP contribution >= 0.6 is 15.9 Å². The summed E-state index contributed by atoms with van der Waals surface area (Å²) < 4.78 is 19.7. The van der Waals surface area contributed by atoms with Gasteiger partial charge in [-0.05, 0) is 52.0 Å². The van der Waals surface area contributed by atoms with Crippen molar-refractivity contribution >= 4 is 15.9 Å². The lowest BCUT2D eigenvalue weighted by Crippen LogP contribution is -2.23. The molecule has 0 spiro atoms. The van der Waals surface area contributed by atoms with Gasteiger partial charge in [0.05, 0.1) is 10.7 Å². The van der Waals surface area contributed by atoms with Crippen LogP contribution < -0.4 is 0 Å². The molecule has 3 rings (SSSR count). The Morgan fingerprint density at radius 1 is 1.35 bits per heavy atom. The highest BCUT2D eigenvalue weighted by Gasteiger charge is 2.43. The van der Waals surface area contributed by atoms with Crippen molar-refractivity contribution in [3.8, 4) is 0 Å². The molecule has 1 N–H and O–H groups in total.